The summed E-state index contributed by atoms with van der Waals surface area (Å²) in [6.45, 7) is 5.19. The van der Waals surface area contributed by atoms with Crippen molar-refractivity contribution in [3.63, 3.8) is 0 Å². The first kappa shape index (κ1) is 35.4. The van der Waals surface area contributed by atoms with Crippen LogP contribution in [0.1, 0.15) is 42.9 Å². The minimum atomic E-state index is -3.60. The summed E-state index contributed by atoms with van der Waals surface area (Å²) < 4.78 is 23.5. The van der Waals surface area contributed by atoms with Crippen LogP contribution in [0.4, 0.5) is 21.2 Å². The van der Waals surface area contributed by atoms with Gasteiger partial charge in [-0.15, -0.1) is 0 Å². The first-order valence-corrected chi connectivity index (χ1v) is 20.8. The van der Waals surface area contributed by atoms with Crippen LogP contribution in [0.15, 0.2) is 114 Å². The standard InChI is InChI=1S/C41H43FN4O5Si/c1-28-39(52(2,3)42)36(26-38(49)44(23-24-47)27-29-13-7-4-8-14-29)51-41(28)33-25-32(19-21-35(33)45(40(41)50)31-17-11-6-12-18-31)46-37(48)22-20-34(43-46)30-15-9-5-10-16-30/h4-19,21,25,28,36,39,47H,20,22-24,26-27H2,1-3H3/t28-,36+,39-,41+/m0/s1. The van der Waals surface area contributed by atoms with Crippen LogP contribution in [0.5, 0.6) is 0 Å². The minimum absolute atomic E-state index is 0.102. The Morgan fingerprint density at radius 2 is 1.60 bits per heavy atom. The van der Waals surface area contributed by atoms with E-state index in [2.05, 4.69) is 0 Å². The van der Waals surface area contributed by atoms with E-state index in [1.165, 1.54) is 5.01 Å². The van der Waals surface area contributed by atoms with Crippen LogP contribution >= 0.6 is 0 Å². The zero-order valence-electron chi connectivity index (χ0n) is 29.6. The average molecular weight is 719 g/mol. The van der Waals surface area contributed by atoms with Crippen molar-refractivity contribution in [1.82, 2.24) is 4.90 Å². The number of hydrazone groups is 1. The molecule has 4 aromatic carbocycles. The van der Waals surface area contributed by atoms with Gasteiger partial charge in [-0.3, -0.25) is 19.3 Å². The third-order valence-electron chi connectivity index (χ3n) is 10.6. The second-order valence-corrected chi connectivity index (χ2v) is 18.1. The number of fused-ring (bicyclic) bond motifs is 2. The number of para-hydroxylation sites is 1. The number of nitrogens with zero attached hydrogens (tertiary/aromatic N) is 4. The number of aliphatic hydroxyl groups is 1. The van der Waals surface area contributed by atoms with Crippen LogP contribution in [0.3, 0.4) is 0 Å². The van der Waals surface area contributed by atoms with Crippen LogP contribution < -0.4 is 9.91 Å². The van der Waals surface area contributed by atoms with Crippen molar-refractivity contribution in [3.8, 4) is 0 Å². The van der Waals surface area contributed by atoms with Gasteiger partial charge in [-0.1, -0.05) is 85.8 Å². The molecule has 4 aromatic rings. The number of hydrogen-bond donors (Lipinski definition) is 1. The van der Waals surface area contributed by atoms with E-state index in [9.17, 15) is 14.7 Å². The van der Waals surface area contributed by atoms with E-state index >= 15 is 8.90 Å². The summed E-state index contributed by atoms with van der Waals surface area (Å²) >= 11 is 0. The molecule has 4 atom stereocenters. The molecule has 3 aliphatic heterocycles. The summed E-state index contributed by atoms with van der Waals surface area (Å²) in [6, 6.07) is 33.8. The lowest BCUT2D eigenvalue weighted by molar-refractivity contribution is -0.149. The summed E-state index contributed by atoms with van der Waals surface area (Å²) in [5, 5.41) is 16.0. The fourth-order valence-electron chi connectivity index (χ4n) is 8.24. The van der Waals surface area contributed by atoms with E-state index in [0.29, 0.717) is 29.0 Å². The zero-order valence-corrected chi connectivity index (χ0v) is 30.6. The smallest absolute Gasteiger partial charge is 0.268 e. The van der Waals surface area contributed by atoms with Gasteiger partial charge in [0.05, 0.1) is 36.2 Å². The molecule has 9 nitrogen and oxygen atoms in total. The Morgan fingerprint density at radius 1 is 0.942 bits per heavy atom. The number of carbonyl (C=O) groups excluding carboxylic acids is 3. The lowest BCUT2D eigenvalue weighted by Gasteiger charge is -2.31. The summed E-state index contributed by atoms with van der Waals surface area (Å²) in [6.07, 6.45) is -0.312. The quantitative estimate of drug-likeness (QED) is 0.140. The molecule has 1 fully saturated rings. The molecule has 0 bridgehead atoms. The molecule has 52 heavy (non-hydrogen) atoms. The van der Waals surface area contributed by atoms with E-state index in [1.807, 2.05) is 97.9 Å². The molecule has 7 rings (SSSR count). The Hall–Kier alpha value is -4.97. The van der Waals surface area contributed by atoms with Crippen LogP contribution in [0.2, 0.25) is 18.6 Å². The van der Waals surface area contributed by atoms with Crippen LogP contribution in [-0.2, 0) is 31.3 Å². The highest BCUT2D eigenvalue weighted by molar-refractivity contribution is 6.72. The van der Waals surface area contributed by atoms with Gasteiger partial charge >= 0.3 is 0 Å². The summed E-state index contributed by atoms with van der Waals surface area (Å²) in [5.41, 5.74) is 2.40. The summed E-state index contributed by atoms with van der Waals surface area (Å²) in [7, 11) is -3.60. The number of ether oxygens (including phenoxy) is 1. The monoisotopic (exact) mass is 718 g/mol. The largest absolute Gasteiger partial charge is 0.395 e. The van der Waals surface area contributed by atoms with Gasteiger partial charge in [0.15, 0.2) is 5.60 Å². The molecule has 3 aliphatic rings. The van der Waals surface area contributed by atoms with Crippen LogP contribution in [0.25, 0.3) is 0 Å². The molecule has 0 saturated carbocycles. The molecular weight excluding hydrogens is 676 g/mol. The number of rotatable bonds is 10. The lowest BCUT2D eigenvalue weighted by atomic mass is 9.82. The maximum Gasteiger partial charge on any atom is 0.268 e. The van der Waals surface area contributed by atoms with Gasteiger partial charge in [0.1, 0.15) is 0 Å². The molecular formula is C41H43FN4O5Si. The third-order valence-corrected chi connectivity index (χ3v) is 13.0. The van der Waals surface area contributed by atoms with E-state index < -0.39 is 31.6 Å². The second-order valence-electron chi connectivity index (χ2n) is 14.3. The molecule has 0 aromatic heterocycles. The number of halogens is 1. The number of hydrogen-bond acceptors (Lipinski definition) is 6. The van der Waals surface area contributed by atoms with Crippen molar-refractivity contribution in [2.24, 2.45) is 11.0 Å². The topological polar surface area (TPSA) is 103 Å². The number of anilines is 3. The van der Waals surface area contributed by atoms with Crippen molar-refractivity contribution in [3.05, 3.63) is 126 Å². The van der Waals surface area contributed by atoms with E-state index in [0.717, 1.165) is 16.8 Å². The van der Waals surface area contributed by atoms with Crippen molar-refractivity contribution in [1.29, 1.82) is 0 Å². The number of benzene rings is 4. The van der Waals surface area contributed by atoms with Gasteiger partial charge in [-0.25, -0.2) is 5.01 Å². The normalized spacial score (nSPS) is 22.9. The number of amides is 3. The van der Waals surface area contributed by atoms with E-state index in [4.69, 9.17) is 9.84 Å². The minimum Gasteiger partial charge on any atom is -0.395 e. The highest BCUT2D eigenvalue weighted by Gasteiger charge is 2.67. The average Bonchev–Trinajstić information content (AvgIpc) is 3.58. The maximum absolute atomic E-state index is 16.6. The Bertz CT molecular complexity index is 1990. The fourth-order valence-corrected chi connectivity index (χ4v) is 10.7. The first-order valence-electron chi connectivity index (χ1n) is 17.8. The Kier molecular flexibility index (Phi) is 9.68. The second kappa shape index (κ2) is 14.2. The SMILES string of the molecule is C[C@H]1[C@H]([Si](C)(C)F)[C@@H](CC(=O)N(CCO)Cc2ccccc2)O[C@]12C(=O)N(c1ccccc1)c1ccc(N3N=C(c4ccccc4)CCC3=O)cc12. The van der Waals surface area contributed by atoms with Crippen molar-refractivity contribution in [2.45, 2.75) is 63.1 Å². The van der Waals surface area contributed by atoms with Crippen LogP contribution in [0, 0.1) is 5.92 Å². The molecule has 1 saturated heterocycles. The van der Waals surface area contributed by atoms with Crippen molar-refractivity contribution in [2.75, 3.05) is 23.1 Å². The molecule has 1 N–H and O–H groups in total. The molecule has 3 amide bonds. The number of carbonyl (C=O) groups is 3. The van der Waals surface area contributed by atoms with Gasteiger partial charge in [0.2, 0.25) is 20.2 Å². The Labute approximate surface area is 304 Å². The fraction of sp³-hybridized carbons (Fsp3) is 0.317. The maximum atomic E-state index is 16.6. The molecule has 3 heterocycles. The molecule has 268 valence electrons. The third kappa shape index (κ3) is 6.37. The molecule has 11 heteroatoms. The summed E-state index contributed by atoms with van der Waals surface area (Å²) in [4.78, 5) is 45.6. The van der Waals surface area contributed by atoms with Gasteiger partial charge in [0, 0.05) is 48.6 Å². The van der Waals surface area contributed by atoms with Crippen molar-refractivity contribution >= 4 is 48.9 Å². The highest BCUT2D eigenvalue weighted by atomic mass is 28.4. The first-order chi connectivity index (χ1) is 25.0. The zero-order chi connectivity index (χ0) is 36.6. The predicted molar refractivity (Wildman–Crippen MR) is 201 cm³/mol. The Balaban J connectivity index is 1.31. The van der Waals surface area contributed by atoms with Gasteiger partial charge in [-0.05, 0) is 54.6 Å². The molecule has 1 spiro atoms. The van der Waals surface area contributed by atoms with Gasteiger partial charge in [0.25, 0.3) is 5.91 Å². The lowest BCUT2D eigenvalue weighted by Crippen LogP contribution is -2.44. The van der Waals surface area contributed by atoms with Crippen molar-refractivity contribution < 1.29 is 28.3 Å². The van der Waals surface area contributed by atoms with Crippen LogP contribution in [-0.4, -0.2) is 61.1 Å². The van der Waals surface area contributed by atoms with Gasteiger partial charge in [-0.2, -0.15) is 5.10 Å². The van der Waals surface area contributed by atoms with E-state index in [1.54, 1.807) is 41.1 Å². The number of aliphatic hydroxyl groups excluding tert-OH is 1. The summed E-state index contributed by atoms with van der Waals surface area (Å²) in [5.74, 6) is -1.50. The van der Waals surface area contributed by atoms with E-state index in [-0.39, 0.29) is 50.3 Å². The Morgan fingerprint density at radius 3 is 2.25 bits per heavy atom. The molecule has 0 unspecified atom stereocenters. The van der Waals surface area contributed by atoms with Gasteiger partial charge < -0.3 is 18.9 Å². The molecule has 0 aliphatic carbocycles. The highest BCUT2D eigenvalue weighted by Crippen LogP contribution is 2.61. The molecule has 0 radical (unpaired) electrons. The predicted octanol–water partition coefficient (Wildman–Crippen LogP) is 7.08.